The Morgan fingerprint density at radius 3 is 2.53 bits per heavy atom. The second-order valence-corrected chi connectivity index (χ2v) is 6.59. The fourth-order valence-electron chi connectivity index (χ4n) is 1.07. The number of aliphatic hydroxyl groups excluding tert-OH is 2. The Morgan fingerprint density at radius 1 is 1.29 bits per heavy atom. The van der Waals surface area contributed by atoms with Crippen molar-refractivity contribution in [2.45, 2.75) is 6.10 Å². The SMILES string of the molecule is O=C(NCC(O)CO)c1ccc(I)c(I)c1I. The molecule has 0 bridgehead atoms. The molecule has 1 atom stereocenters. The minimum atomic E-state index is -0.917. The van der Waals surface area contributed by atoms with Gasteiger partial charge in [-0.15, -0.1) is 0 Å². The molecule has 3 N–H and O–H groups in total. The summed E-state index contributed by atoms with van der Waals surface area (Å²) < 4.78 is 3.03. The van der Waals surface area contributed by atoms with Gasteiger partial charge < -0.3 is 15.5 Å². The fraction of sp³-hybridized carbons (Fsp3) is 0.300. The van der Waals surface area contributed by atoms with Crippen LogP contribution in [0.1, 0.15) is 10.4 Å². The maximum Gasteiger partial charge on any atom is 0.252 e. The molecule has 0 spiro atoms. The van der Waals surface area contributed by atoms with Crippen LogP contribution in [-0.4, -0.2) is 35.4 Å². The number of amides is 1. The molecule has 4 nitrogen and oxygen atoms in total. The van der Waals surface area contributed by atoms with Crippen LogP contribution in [0.5, 0.6) is 0 Å². The predicted octanol–water partition coefficient (Wildman–Crippen LogP) is 1.58. The molecule has 7 heteroatoms. The molecule has 0 heterocycles. The zero-order valence-corrected chi connectivity index (χ0v) is 15.1. The summed E-state index contributed by atoms with van der Waals surface area (Å²) in [6.45, 7) is -0.310. The van der Waals surface area contributed by atoms with Crippen molar-refractivity contribution < 1.29 is 15.0 Å². The van der Waals surface area contributed by atoms with Crippen LogP contribution >= 0.6 is 67.8 Å². The first kappa shape index (κ1) is 15.9. The first-order valence-corrected chi connectivity index (χ1v) is 7.91. The van der Waals surface area contributed by atoms with Crippen LogP contribution in [0.3, 0.4) is 0 Å². The van der Waals surface area contributed by atoms with E-state index in [9.17, 15) is 4.79 Å². The van der Waals surface area contributed by atoms with Gasteiger partial charge in [0.1, 0.15) is 0 Å². The van der Waals surface area contributed by atoms with Gasteiger partial charge in [0.25, 0.3) is 5.91 Å². The molecule has 1 amide bonds. The summed E-state index contributed by atoms with van der Waals surface area (Å²) in [5, 5.41) is 20.4. The summed E-state index contributed by atoms with van der Waals surface area (Å²) in [6, 6.07) is 3.63. The van der Waals surface area contributed by atoms with Crippen LogP contribution in [0.25, 0.3) is 0 Å². The number of aliphatic hydroxyl groups is 2. The summed E-state index contributed by atoms with van der Waals surface area (Å²) in [5.74, 6) is -0.240. The van der Waals surface area contributed by atoms with E-state index in [1.807, 2.05) is 6.07 Å². The molecule has 0 aliphatic heterocycles. The van der Waals surface area contributed by atoms with Crippen molar-refractivity contribution in [1.82, 2.24) is 5.32 Å². The van der Waals surface area contributed by atoms with Gasteiger partial charge in [-0.05, 0) is 79.9 Å². The Labute approximate surface area is 140 Å². The molecule has 0 aliphatic carbocycles. The van der Waals surface area contributed by atoms with Gasteiger partial charge in [-0.1, -0.05) is 0 Å². The van der Waals surface area contributed by atoms with E-state index in [1.165, 1.54) is 0 Å². The zero-order valence-electron chi connectivity index (χ0n) is 8.58. The van der Waals surface area contributed by atoms with E-state index in [2.05, 4.69) is 73.1 Å². The van der Waals surface area contributed by atoms with Crippen molar-refractivity contribution in [3.8, 4) is 0 Å². The van der Waals surface area contributed by atoms with Gasteiger partial charge in [0.2, 0.25) is 0 Å². The number of hydrogen-bond acceptors (Lipinski definition) is 3. The van der Waals surface area contributed by atoms with Crippen molar-refractivity contribution in [3.05, 3.63) is 28.4 Å². The Kier molecular flexibility index (Phi) is 6.91. The van der Waals surface area contributed by atoms with E-state index in [-0.39, 0.29) is 19.1 Å². The van der Waals surface area contributed by atoms with Gasteiger partial charge in [-0.2, -0.15) is 0 Å². The average molecular weight is 573 g/mol. The molecule has 1 unspecified atom stereocenters. The van der Waals surface area contributed by atoms with Crippen molar-refractivity contribution >= 4 is 73.7 Å². The summed E-state index contributed by atoms with van der Waals surface area (Å²) in [7, 11) is 0. The maximum absolute atomic E-state index is 11.8. The van der Waals surface area contributed by atoms with Crippen LogP contribution in [0.15, 0.2) is 12.1 Å². The highest BCUT2D eigenvalue weighted by molar-refractivity contribution is 14.1. The standard InChI is InChI=1S/C10H10I3NO3/c11-7-2-1-6(8(12)9(7)13)10(17)14-3-5(16)4-15/h1-2,5,15-16H,3-4H2,(H,14,17). The highest BCUT2D eigenvalue weighted by atomic mass is 127. The van der Waals surface area contributed by atoms with E-state index in [0.717, 1.165) is 10.7 Å². The van der Waals surface area contributed by atoms with E-state index in [1.54, 1.807) is 6.07 Å². The number of halogens is 3. The molecule has 17 heavy (non-hydrogen) atoms. The minimum Gasteiger partial charge on any atom is -0.394 e. The molecular weight excluding hydrogens is 563 g/mol. The first-order valence-electron chi connectivity index (χ1n) is 4.68. The molecule has 0 fully saturated rings. The quantitative estimate of drug-likeness (QED) is 0.379. The largest absolute Gasteiger partial charge is 0.394 e. The Bertz CT molecular complexity index is 426. The maximum atomic E-state index is 11.8. The van der Waals surface area contributed by atoms with Crippen LogP contribution in [0.4, 0.5) is 0 Å². The normalized spacial score (nSPS) is 12.3. The molecule has 0 saturated carbocycles. The zero-order chi connectivity index (χ0) is 13.0. The summed E-state index contributed by atoms with van der Waals surface area (Å²) >= 11 is 6.53. The monoisotopic (exact) mass is 573 g/mol. The number of carbonyl (C=O) groups excluding carboxylic acids is 1. The molecule has 1 aromatic carbocycles. The number of rotatable bonds is 4. The summed E-state index contributed by atoms with van der Waals surface area (Å²) in [4.78, 5) is 11.8. The fourth-order valence-corrected chi connectivity index (χ4v) is 3.22. The number of benzene rings is 1. The molecule has 0 aromatic heterocycles. The molecule has 0 saturated heterocycles. The lowest BCUT2D eigenvalue weighted by atomic mass is 10.2. The van der Waals surface area contributed by atoms with Crippen molar-refractivity contribution in [2.24, 2.45) is 0 Å². The molecule has 1 aromatic rings. The van der Waals surface area contributed by atoms with Crippen molar-refractivity contribution in [3.63, 3.8) is 0 Å². The predicted molar refractivity (Wildman–Crippen MR) is 90.0 cm³/mol. The second-order valence-electron chi connectivity index (χ2n) is 3.27. The van der Waals surface area contributed by atoms with Crippen LogP contribution in [0, 0.1) is 10.7 Å². The molecular formula is C10H10I3NO3. The van der Waals surface area contributed by atoms with Crippen LogP contribution in [-0.2, 0) is 0 Å². The Hall–Kier alpha value is 0.800. The van der Waals surface area contributed by atoms with Crippen molar-refractivity contribution in [2.75, 3.05) is 13.2 Å². The van der Waals surface area contributed by atoms with Gasteiger partial charge in [-0.25, -0.2) is 0 Å². The van der Waals surface area contributed by atoms with E-state index >= 15 is 0 Å². The van der Waals surface area contributed by atoms with Gasteiger partial charge in [0.05, 0.1) is 18.3 Å². The van der Waals surface area contributed by atoms with Gasteiger partial charge in [0, 0.05) is 17.3 Å². The molecule has 94 valence electrons. The van der Waals surface area contributed by atoms with Gasteiger partial charge in [0.15, 0.2) is 0 Å². The lowest BCUT2D eigenvalue weighted by molar-refractivity contribution is 0.0801. The molecule has 0 radical (unpaired) electrons. The molecule has 0 aliphatic rings. The lowest BCUT2D eigenvalue weighted by Crippen LogP contribution is -2.34. The minimum absolute atomic E-state index is 0.0496. The first-order chi connectivity index (χ1) is 7.97. The number of nitrogens with one attached hydrogen (secondary N) is 1. The van der Waals surface area contributed by atoms with Gasteiger partial charge in [-0.3, -0.25) is 4.79 Å². The second kappa shape index (κ2) is 7.40. The smallest absolute Gasteiger partial charge is 0.252 e. The van der Waals surface area contributed by atoms with E-state index < -0.39 is 6.10 Å². The average Bonchev–Trinajstić information content (AvgIpc) is 2.32. The van der Waals surface area contributed by atoms with Crippen LogP contribution < -0.4 is 5.32 Å². The highest BCUT2D eigenvalue weighted by Crippen LogP contribution is 2.24. The van der Waals surface area contributed by atoms with Crippen LogP contribution in [0.2, 0.25) is 0 Å². The third kappa shape index (κ3) is 4.44. The van der Waals surface area contributed by atoms with E-state index in [0.29, 0.717) is 5.56 Å². The Morgan fingerprint density at radius 2 is 1.94 bits per heavy atom. The van der Waals surface area contributed by atoms with E-state index in [4.69, 9.17) is 10.2 Å². The third-order valence-electron chi connectivity index (χ3n) is 1.99. The highest BCUT2D eigenvalue weighted by Gasteiger charge is 2.14. The third-order valence-corrected chi connectivity index (χ3v) is 7.19. The van der Waals surface area contributed by atoms with Crippen molar-refractivity contribution in [1.29, 1.82) is 0 Å². The molecule has 1 rings (SSSR count). The summed E-state index contributed by atoms with van der Waals surface area (Å²) in [5.41, 5.74) is 0.584. The Balaban J connectivity index is 2.80. The number of carbonyl (C=O) groups is 1. The topological polar surface area (TPSA) is 69.6 Å². The number of hydrogen-bond donors (Lipinski definition) is 3. The summed E-state index contributed by atoms with van der Waals surface area (Å²) in [6.07, 6.45) is -0.917. The lowest BCUT2D eigenvalue weighted by Gasteiger charge is -2.11. The van der Waals surface area contributed by atoms with Gasteiger partial charge >= 0.3 is 0 Å².